The fourth-order valence-corrected chi connectivity index (χ4v) is 5.27. The van der Waals surface area contributed by atoms with Crippen molar-refractivity contribution in [1.82, 2.24) is 19.9 Å². The third-order valence-electron chi connectivity index (χ3n) is 5.94. The van der Waals surface area contributed by atoms with E-state index in [2.05, 4.69) is 25.3 Å². The maximum absolute atomic E-state index is 15.3. The largest absolute Gasteiger partial charge is 0.480 e. The first-order valence-corrected chi connectivity index (χ1v) is 11.5. The molecule has 5 rings (SSSR count). The van der Waals surface area contributed by atoms with Crippen LogP contribution in [0.15, 0.2) is 48.0 Å². The molecule has 0 radical (unpaired) electrons. The van der Waals surface area contributed by atoms with Gasteiger partial charge in [0.15, 0.2) is 11.0 Å². The standard InChI is InChI=1S/C22H20F2N8O2S.ClH/c1-34-18-8-26-17(7-27-18)19(33)30-14-2-3-16(24)15(4-14)22-11-32(21-28-5-13(23)6-29-21)9-12(22)10-35-20(25)31-22;/h2-8,12H,9-11H2,1H3,(H2,25,31)(H,30,33);1H/t12-,22-;/m0./s1. The fraction of sp³-hybridized carbons (Fsp3) is 0.273. The summed E-state index contributed by atoms with van der Waals surface area (Å²) >= 11 is 1.39. The number of aliphatic imine (C=N–C) groups is 1. The molecule has 1 saturated heterocycles. The van der Waals surface area contributed by atoms with Crippen LogP contribution < -0.4 is 20.7 Å². The van der Waals surface area contributed by atoms with Gasteiger partial charge in [-0.2, -0.15) is 0 Å². The summed E-state index contributed by atoms with van der Waals surface area (Å²) in [6.07, 6.45) is 4.79. The van der Waals surface area contributed by atoms with Crippen molar-refractivity contribution in [2.45, 2.75) is 5.54 Å². The van der Waals surface area contributed by atoms with E-state index in [1.165, 1.54) is 43.4 Å². The van der Waals surface area contributed by atoms with Gasteiger partial charge in [0, 0.05) is 29.5 Å². The Labute approximate surface area is 215 Å². The van der Waals surface area contributed by atoms with E-state index >= 15 is 4.39 Å². The Balaban J connectivity index is 0.00000304. The predicted molar refractivity (Wildman–Crippen MR) is 134 cm³/mol. The summed E-state index contributed by atoms with van der Waals surface area (Å²) in [5, 5.41) is 3.06. The van der Waals surface area contributed by atoms with Gasteiger partial charge in [-0.05, 0) is 18.2 Å². The number of hydrogen-bond donors (Lipinski definition) is 2. The SMILES string of the molecule is COc1cnc(C(=O)Nc2ccc(F)c([C@]34CN(c5ncc(F)cn5)C[C@H]3CSC(N)=N4)c2)cn1.Cl. The number of nitrogens with one attached hydrogen (secondary N) is 1. The topological polar surface area (TPSA) is 132 Å². The van der Waals surface area contributed by atoms with Gasteiger partial charge in [0.05, 0.1) is 38.4 Å². The third-order valence-corrected chi connectivity index (χ3v) is 6.90. The molecule has 1 fully saturated rings. The quantitative estimate of drug-likeness (QED) is 0.507. The van der Waals surface area contributed by atoms with E-state index in [0.717, 1.165) is 12.4 Å². The molecule has 14 heteroatoms. The van der Waals surface area contributed by atoms with Crippen molar-refractivity contribution in [2.75, 3.05) is 36.2 Å². The third kappa shape index (κ3) is 4.75. The molecule has 188 valence electrons. The number of fused-ring (bicyclic) bond motifs is 1. The number of aromatic nitrogens is 4. The zero-order chi connectivity index (χ0) is 24.6. The number of carbonyl (C=O) groups excluding carboxylic acids is 1. The van der Waals surface area contributed by atoms with E-state index in [1.807, 2.05) is 4.90 Å². The Kier molecular flexibility index (Phi) is 7.22. The van der Waals surface area contributed by atoms with Gasteiger partial charge >= 0.3 is 0 Å². The van der Waals surface area contributed by atoms with Gasteiger partial charge in [0.1, 0.15) is 17.1 Å². The predicted octanol–water partition coefficient (Wildman–Crippen LogP) is 2.62. The van der Waals surface area contributed by atoms with Crippen molar-refractivity contribution < 1.29 is 18.3 Å². The summed E-state index contributed by atoms with van der Waals surface area (Å²) in [6.45, 7) is 0.718. The van der Waals surface area contributed by atoms with Crippen molar-refractivity contribution in [2.24, 2.45) is 16.6 Å². The number of ether oxygens (including phenoxy) is 1. The monoisotopic (exact) mass is 534 g/mol. The van der Waals surface area contributed by atoms with Gasteiger partial charge in [0.2, 0.25) is 11.8 Å². The highest BCUT2D eigenvalue weighted by Crippen LogP contribution is 2.47. The first-order chi connectivity index (χ1) is 16.9. The molecule has 3 aromatic rings. The van der Waals surface area contributed by atoms with Crippen LogP contribution in [0.3, 0.4) is 0 Å². The second kappa shape index (κ2) is 10.2. The molecular formula is C22H21ClF2N8O2S. The zero-order valence-corrected chi connectivity index (χ0v) is 20.5. The maximum Gasteiger partial charge on any atom is 0.275 e. The minimum absolute atomic E-state index is 0. The molecule has 2 aromatic heterocycles. The molecule has 0 spiro atoms. The van der Waals surface area contributed by atoms with Crippen molar-refractivity contribution in [3.63, 3.8) is 0 Å². The number of methoxy groups -OCH3 is 1. The maximum atomic E-state index is 15.3. The van der Waals surface area contributed by atoms with Crippen LogP contribution in [0, 0.1) is 17.6 Å². The summed E-state index contributed by atoms with van der Waals surface area (Å²) in [4.78, 5) is 35.3. The van der Waals surface area contributed by atoms with Gasteiger partial charge < -0.3 is 20.7 Å². The number of halogens is 3. The second-order valence-corrected chi connectivity index (χ2v) is 9.10. The Morgan fingerprint density at radius 2 is 1.97 bits per heavy atom. The Morgan fingerprint density at radius 3 is 2.67 bits per heavy atom. The molecule has 1 aromatic carbocycles. The average Bonchev–Trinajstić information content (AvgIpc) is 3.25. The summed E-state index contributed by atoms with van der Waals surface area (Å²) in [6, 6.07) is 4.29. The van der Waals surface area contributed by atoms with Gasteiger partial charge in [-0.1, -0.05) is 11.8 Å². The number of hydrogen-bond acceptors (Lipinski definition) is 10. The molecule has 2 aliphatic heterocycles. The molecule has 0 aliphatic carbocycles. The van der Waals surface area contributed by atoms with E-state index < -0.39 is 23.1 Å². The summed E-state index contributed by atoms with van der Waals surface area (Å²) in [7, 11) is 1.45. The van der Waals surface area contributed by atoms with Crippen molar-refractivity contribution in [3.8, 4) is 5.88 Å². The van der Waals surface area contributed by atoms with Gasteiger partial charge in [-0.3, -0.25) is 4.79 Å². The molecule has 10 nitrogen and oxygen atoms in total. The van der Waals surface area contributed by atoms with E-state index in [-0.39, 0.29) is 42.0 Å². The normalized spacial score (nSPS) is 20.7. The highest BCUT2D eigenvalue weighted by molar-refractivity contribution is 8.13. The smallest absolute Gasteiger partial charge is 0.275 e. The van der Waals surface area contributed by atoms with Crippen LogP contribution in [-0.2, 0) is 5.54 Å². The first-order valence-electron chi connectivity index (χ1n) is 10.6. The van der Waals surface area contributed by atoms with E-state index in [0.29, 0.717) is 29.1 Å². The molecule has 0 saturated carbocycles. The van der Waals surface area contributed by atoms with Crippen molar-refractivity contribution in [1.29, 1.82) is 0 Å². The van der Waals surface area contributed by atoms with Crippen LogP contribution in [-0.4, -0.2) is 57.0 Å². The molecule has 0 unspecified atom stereocenters. The molecule has 3 N–H and O–H groups in total. The minimum Gasteiger partial charge on any atom is -0.480 e. The highest BCUT2D eigenvalue weighted by atomic mass is 35.5. The van der Waals surface area contributed by atoms with Gasteiger partial charge in [-0.25, -0.2) is 33.7 Å². The molecule has 2 atom stereocenters. The molecule has 4 heterocycles. The zero-order valence-electron chi connectivity index (χ0n) is 18.9. The van der Waals surface area contributed by atoms with E-state index in [1.54, 1.807) is 6.07 Å². The van der Waals surface area contributed by atoms with Crippen LogP contribution >= 0.6 is 24.2 Å². The van der Waals surface area contributed by atoms with Crippen molar-refractivity contribution in [3.05, 3.63) is 65.9 Å². The van der Waals surface area contributed by atoms with E-state index in [4.69, 9.17) is 15.5 Å². The van der Waals surface area contributed by atoms with Crippen LogP contribution in [0.1, 0.15) is 16.1 Å². The summed E-state index contributed by atoms with van der Waals surface area (Å²) in [5.41, 5.74) is 5.77. The highest BCUT2D eigenvalue weighted by Gasteiger charge is 2.52. The van der Waals surface area contributed by atoms with Gasteiger partial charge in [0.25, 0.3) is 5.91 Å². The molecule has 36 heavy (non-hydrogen) atoms. The number of anilines is 2. The lowest BCUT2D eigenvalue weighted by atomic mass is 9.81. The Bertz CT molecular complexity index is 1300. The number of benzene rings is 1. The van der Waals surface area contributed by atoms with Crippen molar-refractivity contribution >= 4 is 46.9 Å². The van der Waals surface area contributed by atoms with Crippen LogP contribution in [0.2, 0.25) is 0 Å². The number of amides is 1. The molecular weight excluding hydrogens is 514 g/mol. The lowest BCUT2D eigenvalue weighted by Gasteiger charge is -2.35. The Morgan fingerprint density at radius 1 is 1.19 bits per heavy atom. The summed E-state index contributed by atoms with van der Waals surface area (Å²) < 4.78 is 33.6. The van der Waals surface area contributed by atoms with Gasteiger partial charge in [-0.15, -0.1) is 12.4 Å². The fourth-order valence-electron chi connectivity index (χ4n) is 4.29. The van der Waals surface area contributed by atoms with Crippen LogP contribution in [0.25, 0.3) is 0 Å². The second-order valence-electron chi connectivity index (χ2n) is 8.06. The number of carbonyl (C=O) groups is 1. The Hall–Kier alpha value is -3.58. The number of nitrogens with zero attached hydrogens (tertiary/aromatic N) is 6. The first kappa shape index (κ1) is 25.5. The number of nitrogens with two attached hydrogens (primary N) is 1. The molecule has 1 amide bonds. The number of thioether (sulfide) groups is 1. The molecule has 2 aliphatic rings. The van der Waals surface area contributed by atoms with Crippen LogP contribution in [0.4, 0.5) is 20.4 Å². The number of amidine groups is 1. The lowest BCUT2D eigenvalue weighted by molar-refractivity contribution is 0.102. The van der Waals surface area contributed by atoms with E-state index in [9.17, 15) is 9.18 Å². The summed E-state index contributed by atoms with van der Waals surface area (Å²) in [5.74, 6) is -0.469. The lowest BCUT2D eigenvalue weighted by Crippen LogP contribution is -2.40. The minimum atomic E-state index is -1.03. The average molecular weight is 535 g/mol. The number of rotatable bonds is 5. The van der Waals surface area contributed by atoms with Crippen LogP contribution in [0.5, 0.6) is 5.88 Å². The molecule has 0 bridgehead atoms.